The summed E-state index contributed by atoms with van der Waals surface area (Å²) in [5.41, 5.74) is 1.09. The number of hydrogen-bond acceptors (Lipinski definition) is 8. The molecule has 1 heterocycles. The number of phenolic OH excluding ortho intramolecular Hbond substituents is 1. The summed E-state index contributed by atoms with van der Waals surface area (Å²) in [5.74, 6) is 1.82. The number of phenols is 1. The molecular weight excluding hydrogens is 388 g/mol. The van der Waals surface area contributed by atoms with Gasteiger partial charge in [0.15, 0.2) is 11.5 Å². The summed E-state index contributed by atoms with van der Waals surface area (Å²) in [6.45, 7) is 4.02. The number of para-hydroxylation sites is 2. The average Bonchev–Trinajstić information content (AvgIpc) is 2.77. The number of β-amino-alcohol motifs (C(OH)–C–C–N with tert-alkyl or cyclic N) is 1. The lowest BCUT2D eigenvalue weighted by molar-refractivity contribution is 0.0660. The lowest BCUT2D eigenvalue weighted by Gasteiger charge is -2.37. The Morgan fingerprint density at radius 3 is 2.30 bits per heavy atom. The molecule has 0 aromatic heterocycles. The van der Waals surface area contributed by atoms with Crippen LogP contribution < -0.4 is 23.8 Å². The maximum absolute atomic E-state index is 10.4. The van der Waals surface area contributed by atoms with Crippen molar-refractivity contribution in [2.24, 2.45) is 0 Å². The molecule has 0 aliphatic carbocycles. The third-order valence-corrected chi connectivity index (χ3v) is 5.14. The molecule has 30 heavy (non-hydrogen) atoms. The molecule has 0 amide bonds. The molecule has 2 aromatic carbocycles. The van der Waals surface area contributed by atoms with Crippen LogP contribution in [0.15, 0.2) is 36.4 Å². The van der Waals surface area contributed by atoms with Crippen molar-refractivity contribution in [2.75, 3.05) is 65.6 Å². The van der Waals surface area contributed by atoms with E-state index in [1.807, 2.05) is 18.2 Å². The van der Waals surface area contributed by atoms with Gasteiger partial charge in [0.2, 0.25) is 5.75 Å². The number of aliphatic hydroxyl groups is 1. The number of aromatic hydroxyl groups is 1. The summed E-state index contributed by atoms with van der Waals surface area (Å²) in [7, 11) is 4.62. The molecule has 1 saturated heterocycles. The molecule has 2 aromatic rings. The molecule has 1 fully saturated rings. The van der Waals surface area contributed by atoms with Gasteiger partial charge in [-0.15, -0.1) is 0 Å². The Hall–Kier alpha value is -2.84. The Labute approximate surface area is 177 Å². The van der Waals surface area contributed by atoms with Gasteiger partial charge in [0.05, 0.1) is 27.0 Å². The SMILES string of the molecule is COc1ccccc1N1CCN(CC(O)COc2cc(O)c(OC)c(OC)c2)CC1. The molecule has 2 N–H and O–H groups in total. The minimum Gasteiger partial charge on any atom is -0.504 e. The average molecular weight is 418 g/mol. The fourth-order valence-corrected chi connectivity index (χ4v) is 3.61. The molecule has 0 spiro atoms. The minimum atomic E-state index is -0.655. The Kier molecular flexibility index (Phi) is 7.48. The van der Waals surface area contributed by atoms with Crippen molar-refractivity contribution in [1.29, 1.82) is 0 Å². The van der Waals surface area contributed by atoms with Crippen LogP contribution in [0.3, 0.4) is 0 Å². The maximum Gasteiger partial charge on any atom is 0.203 e. The fraction of sp³-hybridized carbons (Fsp3) is 0.455. The number of hydrogen-bond donors (Lipinski definition) is 2. The zero-order valence-corrected chi connectivity index (χ0v) is 17.7. The van der Waals surface area contributed by atoms with Gasteiger partial charge in [-0.25, -0.2) is 0 Å². The van der Waals surface area contributed by atoms with Crippen molar-refractivity contribution < 1.29 is 29.2 Å². The number of ether oxygens (including phenoxy) is 4. The van der Waals surface area contributed by atoms with Crippen LogP contribution in [0, 0.1) is 0 Å². The normalized spacial score (nSPS) is 15.5. The lowest BCUT2D eigenvalue weighted by Crippen LogP contribution is -2.49. The van der Waals surface area contributed by atoms with Crippen molar-refractivity contribution in [2.45, 2.75) is 6.10 Å². The number of aliphatic hydroxyl groups excluding tert-OH is 1. The van der Waals surface area contributed by atoms with E-state index in [0.717, 1.165) is 37.6 Å². The van der Waals surface area contributed by atoms with E-state index in [1.54, 1.807) is 13.2 Å². The van der Waals surface area contributed by atoms with E-state index in [1.165, 1.54) is 20.3 Å². The molecular formula is C22H30N2O6. The first-order valence-corrected chi connectivity index (χ1v) is 9.92. The van der Waals surface area contributed by atoms with Crippen molar-refractivity contribution in [3.8, 4) is 28.7 Å². The zero-order valence-electron chi connectivity index (χ0n) is 17.7. The lowest BCUT2D eigenvalue weighted by atomic mass is 10.2. The number of anilines is 1. The van der Waals surface area contributed by atoms with Crippen LogP contribution in [0.1, 0.15) is 0 Å². The standard InChI is InChI=1S/C22H30N2O6/c1-27-20-7-5-4-6-18(20)24-10-8-23(9-11-24)14-16(25)15-30-17-12-19(26)22(29-3)21(13-17)28-2/h4-7,12-13,16,25-26H,8-11,14-15H2,1-3H3. The predicted molar refractivity (Wildman–Crippen MR) is 114 cm³/mol. The topological polar surface area (TPSA) is 83.9 Å². The first-order valence-electron chi connectivity index (χ1n) is 9.92. The molecule has 0 bridgehead atoms. The van der Waals surface area contributed by atoms with E-state index >= 15 is 0 Å². The van der Waals surface area contributed by atoms with Crippen LogP contribution in [0.5, 0.6) is 28.7 Å². The Morgan fingerprint density at radius 2 is 1.63 bits per heavy atom. The van der Waals surface area contributed by atoms with Gasteiger partial charge < -0.3 is 34.1 Å². The number of benzene rings is 2. The molecule has 1 aliphatic heterocycles. The van der Waals surface area contributed by atoms with E-state index in [0.29, 0.717) is 18.0 Å². The Balaban J connectivity index is 1.48. The zero-order chi connectivity index (χ0) is 21.5. The Morgan fingerprint density at radius 1 is 0.933 bits per heavy atom. The second-order valence-electron chi connectivity index (χ2n) is 7.10. The van der Waals surface area contributed by atoms with Crippen LogP contribution >= 0.6 is 0 Å². The van der Waals surface area contributed by atoms with Crippen LogP contribution in [-0.2, 0) is 0 Å². The molecule has 3 rings (SSSR count). The van der Waals surface area contributed by atoms with Gasteiger partial charge in [-0.05, 0) is 12.1 Å². The van der Waals surface area contributed by atoms with Gasteiger partial charge in [0.1, 0.15) is 24.2 Å². The van der Waals surface area contributed by atoms with E-state index < -0.39 is 6.10 Å². The van der Waals surface area contributed by atoms with E-state index in [-0.39, 0.29) is 18.1 Å². The van der Waals surface area contributed by atoms with Crippen LogP contribution in [0.25, 0.3) is 0 Å². The largest absolute Gasteiger partial charge is 0.504 e. The summed E-state index contributed by atoms with van der Waals surface area (Å²) in [6.07, 6.45) is -0.655. The molecule has 164 valence electrons. The number of piperazine rings is 1. The monoisotopic (exact) mass is 418 g/mol. The highest BCUT2D eigenvalue weighted by Gasteiger charge is 2.22. The van der Waals surface area contributed by atoms with Gasteiger partial charge in [-0.2, -0.15) is 0 Å². The van der Waals surface area contributed by atoms with Gasteiger partial charge >= 0.3 is 0 Å². The van der Waals surface area contributed by atoms with Crippen molar-refractivity contribution in [1.82, 2.24) is 4.90 Å². The highest BCUT2D eigenvalue weighted by Crippen LogP contribution is 2.40. The first kappa shape index (κ1) is 21.9. The third kappa shape index (κ3) is 5.20. The van der Waals surface area contributed by atoms with E-state index in [9.17, 15) is 10.2 Å². The van der Waals surface area contributed by atoms with Crippen molar-refractivity contribution in [3.63, 3.8) is 0 Å². The van der Waals surface area contributed by atoms with Crippen LogP contribution in [0.4, 0.5) is 5.69 Å². The van der Waals surface area contributed by atoms with Crippen LogP contribution in [-0.4, -0.2) is 81.9 Å². The van der Waals surface area contributed by atoms with Gasteiger partial charge in [0, 0.05) is 44.9 Å². The Bertz CT molecular complexity index is 823. The molecule has 1 unspecified atom stereocenters. The molecule has 0 saturated carbocycles. The number of nitrogens with zero attached hydrogens (tertiary/aromatic N) is 2. The van der Waals surface area contributed by atoms with Crippen molar-refractivity contribution >= 4 is 5.69 Å². The molecule has 0 radical (unpaired) electrons. The first-order chi connectivity index (χ1) is 14.5. The summed E-state index contributed by atoms with van der Waals surface area (Å²) in [5, 5.41) is 20.4. The van der Waals surface area contributed by atoms with Gasteiger partial charge in [0.25, 0.3) is 0 Å². The van der Waals surface area contributed by atoms with Gasteiger partial charge in [-0.1, -0.05) is 12.1 Å². The molecule has 8 heteroatoms. The maximum atomic E-state index is 10.4. The minimum absolute atomic E-state index is 0.0752. The highest BCUT2D eigenvalue weighted by atomic mass is 16.5. The molecule has 8 nitrogen and oxygen atoms in total. The van der Waals surface area contributed by atoms with Gasteiger partial charge in [-0.3, -0.25) is 4.90 Å². The fourth-order valence-electron chi connectivity index (χ4n) is 3.61. The molecule has 1 aliphatic rings. The van der Waals surface area contributed by atoms with Crippen molar-refractivity contribution in [3.05, 3.63) is 36.4 Å². The van der Waals surface area contributed by atoms with E-state index in [2.05, 4.69) is 15.9 Å². The highest BCUT2D eigenvalue weighted by molar-refractivity contribution is 5.58. The quantitative estimate of drug-likeness (QED) is 0.640. The second kappa shape index (κ2) is 10.3. The number of methoxy groups -OCH3 is 3. The summed E-state index contributed by atoms with van der Waals surface area (Å²) >= 11 is 0. The predicted octanol–water partition coefficient (Wildman–Crippen LogP) is 1.98. The van der Waals surface area contributed by atoms with E-state index in [4.69, 9.17) is 18.9 Å². The number of rotatable bonds is 9. The smallest absolute Gasteiger partial charge is 0.203 e. The third-order valence-electron chi connectivity index (χ3n) is 5.14. The van der Waals surface area contributed by atoms with Crippen LogP contribution in [0.2, 0.25) is 0 Å². The second-order valence-corrected chi connectivity index (χ2v) is 7.10. The summed E-state index contributed by atoms with van der Waals surface area (Å²) < 4.78 is 21.4. The molecule has 1 atom stereocenters. The summed E-state index contributed by atoms with van der Waals surface area (Å²) in [4.78, 5) is 4.51. The summed E-state index contributed by atoms with van der Waals surface area (Å²) in [6, 6.07) is 11.1.